The van der Waals surface area contributed by atoms with Gasteiger partial charge in [0.2, 0.25) is 5.91 Å². The lowest BCUT2D eigenvalue weighted by atomic mass is 9.84. The van der Waals surface area contributed by atoms with Crippen molar-refractivity contribution in [3.05, 3.63) is 46.5 Å². The van der Waals surface area contributed by atoms with E-state index in [-0.39, 0.29) is 30.1 Å². The fourth-order valence-corrected chi connectivity index (χ4v) is 4.32. The minimum absolute atomic E-state index is 0.120. The molecular weight excluding hydrogens is 328 g/mol. The molecule has 2 N–H and O–H groups in total. The van der Waals surface area contributed by atoms with Crippen LogP contribution in [0.2, 0.25) is 0 Å². The van der Waals surface area contributed by atoms with Crippen LogP contribution in [0.4, 0.5) is 0 Å². The van der Waals surface area contributed by atoms with E-state index in [1.54, 1.807) is 24.1 Å². The van der Waals surface area contributed by atoms with Gasteiger partial charge >= 0.3 is 0 Å². The summed E-state index contributed by atoms with van der Waals surface area (Å²) in [6.45, 7) is 0.593. The third-order valence-corrected chi connectivity index (χ3v) is 5.70. The molecule has 4 heterocycles. The normalized spacial score (nSPS) is 26.5. The lowest BCUT2D eigenvalue weighted by Gasteiger charge is -2.36. The molecule has 0 spiro atoms. The Kier molecular flexibility index (Phi) is 3.24. The molecule has 8 heteroatoms. The van der Waals surface area contributed by atoms with Crippen molar-refractivity contribution < 1.29 is 14.0 Å². The molecule has 0 bridgehead atoms. The maximum atomic E-state index is 12.8. The Balaban J connectivity index is 1.78. The van der Waals surface area contributed by atoms with E-state index in [4.69, 9.17) is 10.2 Å². The molecule has 1 fully saturated rings. The van der Waals surface area contributed by atoms with Crippen molar-refractivity contribution in [3.8, 4) is 0 Å². The highest BCUT2D eigenvalue weighted by Crippen LogP contribution is 2.45. The Morgan fingerprint density at radius 1 is 1.46 bits per heavy atom. The van der Waals surface area contributed by atoms with Crippen molar-refractivity contribution in [1.82, 2.24) is 9.80 Å². The molecule has 4 rings (SSSR count). The van der Waals surface area contributed by atoms with Crippen molar-refractivity contribution in [3.63, 3.8) is 0 Å². The number of nitrogens with two attached hydrogens (primary N) is 1. The summed E-state index contributed by atoms with van der Waals surface area (Å²) in [6, 6.07) is 7.14. The summed E-state index contributed by atoms with van der Waals surface area (Å²) in [5, 5.41) is 1.94. The van der Waals surface area contributed by atoms with Gasteiger partial charge in [0.1, 0.15) is 5.54 Å². The molecule has 7 nitrogen and oxygen atoms in total. The van der Waals surface area contributed by atoms with Gasteiger partial charge in [-0.2, -0.15) is 0 Å². The monoisotopic (exact) mass is 344 g/mol. The quantitative estimate of drug-likeness (QED) is 0.883. The van der Waals surface area contributed by atoms with Crippen LogP contribution in [-0.2, 0) is 10.3 Å². The van der Waals surface area contributed by atoms with Gasteiger partial charge in [-0.3, -0.25) is 14.5 Å². The van der Waals surface area contributed by atoms with E-state index < -0.39 is 11.5 Å². The number of fused-ring (bicyclic) bond motifs is 1. The minimum atomic E-state index is -0.815. The largest absolute Gasteiger partial charge is 0.459 e. The Morgan fingerprint density at radius 2 is 2.29 bits per heavy atom. The summed E-state index contributed by atoms with van der Waals surface area (Å²) in [5.41, 5.74) is 5.15. The van der Waals surface area contributed by atoms with Crippen molar-refractivity contribution in [2.45, 2.75) is 5.54 Å². The molecular formula is C16H16N4O3S. The molecule has 0 saturated carbocycles. The molecule has 1 saturated heterocycles. The van der Waals surface area contributed by atoms with E-state index in [2.05, 4.69) is 4.99 Å². The fourth-order valence-electron chi connectivity index (χ4n) is 3.40. The van der Waals surface area contributed by atoms with Crippen LogP contribution in [0.3, 0.4) is 0 Å². The van der Waals surface area contributed by atoms with Crippen molar-refractivity contribution >= 4 is 29.1 Å². The molecule has 2 aromatic rings. The molecule has 24 heavy (non-hydrogen) atoms. The van der Waals surface area contributed by atoms with E-state index in [1.807, 2.05) is 17.5 Å². The minimum Gasteiger partial charge on any atom is -0.459 e. The van der Waals surface area contributed by atoms with Crippen LogP contribution in [0.25, 0.3) is 0 Å². The summed E-state index contributed by atoms with van der Waals surface area (Å²) in [6.07, 6.45) is 1.46. The van der Waals surface area contributed by atoms with Gasteiger partial charge in [-0.1, -0.05) is 6.07 Å². The van der Waals surface area contributed by atoms with Crippen LogP contribution in [0, 0.1) is 5.92 Å². The smallest absolute Gasteiger partial charge is 0.289 e. The Bertz CT molecular complexity index is 815. The zero-order chi connectivity index (χ0) is 16.9. The van der Waals surface area contributed by atoms with E-state index in [0.717, 1.165) is 4.88 Å². The molecule has 2 unspecified atom stereocenters. The van der Waals surface area contributed by atoms with Crippen molar-refractivity contribution in [2.75, 3.05) is 20.1 Å². The van der Waals surface area contributed by atoms with E-state index in [9.17, 15) is 9.59 Å². The first kappa shape index (κ1) is 14.9. The molecule has 2 aromatic heterocycles. The van der Waals surface area contributed by atoms with E-state index in [1.165, 1.54) is 22.5 Å². The van der Waals surface area contributed by atoms with Gasteiger partial charge in [0, 0.05) is 18.5 Å². The number of furan rings is 1. The second-order valence-corrected chi connectivity index (χ2v) is 6.93. The van der Waals surface area contributed by atoms with Gasteiger partial charge < -0.3 is 15.1 Å². The van der Waals surface area contributed by atoms with Crippen LogP contribution >= 0.6 is 11.3 Å². The summed E-state index contributed by atoms with van der Waals surface area (Å²) >= 11 is 1.52. The first-order valence-corrected chi connectivity index (χ1v) is 8.40. The Hall–Kier alpha value is -2.61. The Labute approximate surface area is 142 Å². The predicted molar refractivity (Wildman–Crippen MR) is 88.5 cm³/mol. The van der Waals surface area contributed by atoms with Crippen LogP contribution in [0.1, 0.15) is 15.4 Å². The van der Waals surface area contributed by atoms with Gasteiger partial charge in [-0.05, 0) is 23.6 Å². The first-order valence-electron chi connectivity index (χ1n) is 7.52. The van der Waals surface area contributed by atoms with E-state index >= 15 is 0 Å². The summed E-state index contributed by atoms with van der Waals surface area (Å²) in [5.74, 6) is -0.378. The SMILES string of the molecule is CN1C(=O)C2CN(C(=O)c3ccco3)CC2(c2cccs2)N=C1N. The zero-order valence-electron chi connectivity index (χ0n) is 13.0. The van der Waals surface area contributed by atoms with E-state index in [0.29, 0.717) is 6.54 Å². The number of carbonyl (C=O) groups is 2. The second-order valence-electron chi connectivity index (χ2n) is 5.98. The highest BCUT2D eigenvalue weighted by molar-refractivity contribution is 7.10. The number of amides is 2. The van der Waals surface area contributed by atoms with Crippen LogP contribution in [-0.4, -0.2) is 47.7 Å². The average Bonchev–Trinajstić information content (AvgIpc) is 3.31. The van der Waals surface area contributed by atoms with Crippen molar-refractivity contribution in [1.29, 1.82) is 0 Å². The number of carbonyl (C=O) groups excluding carboxylic acids is 2. The number of aliphatic imine (C=N–C) groups is 1. The summed E-state index contributed by atoms with van der Waals surface area (Å²) in [7, 11) is 1.61. The lowest BCUT2D eigenvalue weighted by molar-refractivity contribution is -0.132. The zero-order valence-corrected chi connectivity index (χ0v) is 13.8. The van der Waals surface area contributed by atoms with Gasteiger partial charge in [-0.25, -0.2) is 4.99 Å². The highest BCUT2D eigenvalue weighted by atomic mass is 32.1. The van der Waals surface area contributed by atoms with Gasteiger partial charge in [0.25, 0.3) is 5.91 Å². The number of nitrogens with zero attached hydrogens (tertiary/aromatic N) is 3. The highest BCUT2D eigenvalue weighted by Gasteiger charge is 2.57. The molecule has 0 aliphatic carbocycles. The number of rotatable bonds is 2. The Morgan fingerprint density at radius 3 is 2.96 bits per heavy atom. The molecule has 2 amide bonds. The van der Waals surface area contributed by atoms with Crippen LogP contribution in [0.5, 0.6) is 0 Å². The summed E-state index contributed by atoms with van der Waals surface area (Å²) < 4.78 is 5.21. The molecule has 2 aliphatic rings. The number of hydrogen-bond acceptors (Lipinski definition) is 6. The number of likely N-dealkylation sites (tertiary alicyclic amines) is 1. The average molecular weight is 344 g/mol. The molecule has 2 aliphatic heterocycles. The predicted octanol–water partition coefficient (Wildman–Crippen LogP) is 1.10. The third-order valence-electron chi connectivity index (χ3n) is 4.66. The maximum absolute atomic E-state index is 12.8. The van der Waals surface area contributed by atoms with Crippen molar-refractivity contribution in [2.24, 2.45) is 16.6 Å². The van der Waals surface area contributed by atoms with Gasteiger partial charge in [0.15, 0.2) is 11.7 Å². The van der Waals surface area contributed by atoms with Crippen LogP contribution in [0.15, 0.2) is 45.3 Å². The number of guanidine groups is 1. The topological polar surface area (TPSA) is 92.1 Å². The van der Waals surface area contributed by atoms with Gasteiger partial charge in [0.05, 0.1) is 18.7 Å². The van der Waals surface area contributed by atoms with Gasteiger partial charge in [-0.15, -0.1) is 11.3 Å². The molecule has 0 radical (unpaired) electrons. The molecule has 0 aromatic carbocycles. The second kappa shape index (κ2) is 5.20. The third kappa shape index (κ3) is 1.99. The lowest BCUT2D eigenvalue weighted by Crippen LogP contribution is -2.54. The number of thiophene rings is 1. The molecule has 124 valence electrons. The fraction of sp³-hybridized carbons (Fsp3) is 0.312. The summed E-state index contributed by atoms with van der Waals surface area (Å²) in [4.78, 5) is 34.0. The maximum Gasteiger partial charge on any atom is 0.289 e. The first-order chi connectivity index (χ1) is 11.5. The standard InChI is InChI=1S/C16H16N4O3S/c1-19-13(21)10-8-20(14(22)11-4-2-6-23-11)9-16(10,18-15(19)17)12-5-3-7-24-12/h2-7,10H,8-9H2,1H3,(H2,17,18). The molecule has 2 atom stereocenters. The number of hydrogen-bond donors (Lipinski definition) is 1. The van der Waals surface area contributed by atoms with Crippen LogP contribution < -0.4 is 5.73 Å².